The number of para-hydroxylation sites is 1. The number of hydrogen-bond donors (Lipinski definition) is 0. The van der Waals surface area contributed by atoms with Crippen molar-refractivity contribution in [2.24, 2.45) is 0 Å². The molecule has 0 fully saturated rings. The van der Waals surface area contributed by atoms with E-state index in [9.17, 15) is 0 Å². The summed E-state index contributed by atoms with van der Waals surface area (Å²) in [6.45, 7) is 2.59. The Morgan fingerprint density at radius 2 is 1.88 bits per heavy atom. The van der Waals surface area contributed by atoms with Crippen LogP contribution in [0.25, 0.3) is 0 Å². The van der Waals surface area contributed by atoms with Gasteiger partial charge in [0, 0.05) is 0 Å². The molecule has 0 heterocycles. The first-order valence-electron chi connectivity index (χ1n) is 5.30. The fraction of sp³-hybridized carbons (Fsp3) is 0.143. The van der Waals surface area contributed by atoms with E-state index in [1.807, 2.05) is 30.3 Å². The SMILES string of the molecule is Cc1ccccc1COc1c(Cl)cccc1Br. The van der Waals surface area contributed by atoms with Crippen LogP contribution in [-0.2, 0) is 6.61 Å². The van der Waals surface area contributed by atoms with E-state index in [4.69, 9.17) is 16.3 Å². The molecule has 88 valence electrons. The summed E-state index contributed by atoms with van der Waals surface area (Å²) in [5, 5.41) is 0.618. The van der Waals surface area contributed by atoms with Crippen molar-refractivity contribution in [1.82, 2.24) is 0 Å². The molecule has 17 heavy (non-hydrogen) atoms. The number of rotatable bonds is 3. The molecule has 0 unspecified atom stereocenters. The van der Waals surface area contributed by atoms with Crippen molar-refractivity contribution < 1.29 is 4.74 Å². The lowest BCUT2D eigenvalue weighted by molar-refractivity contribution is 0.303. The molecule has 2 aromatic carbocycles. The van der Waals surface area contributed by atoms with Crippen LogP contribution in [0, 0.1) is 6.92 Å². The fourth-order valence-electron chi connectivity index (χ4n) is 1.54. The van der Waals surface area contributed by atoms with Crippen molar-refractivity contribution in [1.29, 1.82) is 0 Å². The molecule has 0 amide bonds. The number of ether oxygens (including phenoxy) is 1. The first-order chi connectivity index (χ1) is 8.18. The van der Waals surface area contributed by atoms with Gasteiger partial charge in [-0.3, -0.25) is 0 Å². The van der Waals surface area contributed by atoms with Crippen LogP contribution in [0.5, 0.6) is 5.75 Å². The summed E-state index contributed by atoms with van der Waals surface area (Å²) in [6.07, 6.45) is 0. The predicted molar refractivity (Wildman–Crippen MR) is 74.7 cm³/mol. The first-order valence-corrected chi connectivity index (χ1v) is 6.47. The molecule has 0 N–H and O–H groups in total. The van der Waals surface area contributed by atoms with Gasteiger partial charge >= 0.3 is 0 Å². The van der Waals surface area contributed by atoms with Crippen LogP contribution >= 0.6 is 27.5 Å². The van der Waals surface area contributed by atoms with Crippen LogP contribution in [-0.4, -0.2) is 0 Å². The van der Waals surface area contributed by atoms with Gasteiger partial charge in [-0.15, -0.1) is 0 Å². The van der Waals surface area contributed by atoms with E-state index in [-0.39, 0.29) is 0 Å². The molecule has 0 bridgehead atoms. The highest BCUT2D eigenvalue weighted by Crippen LogP contribution is 2.33. The molecule has 0 aliphatic heterocycles. The van der Waals surface area contributed by atoms with E-state index in [0.29, 0.717) is 17.4 Å². The van der Waals surface area contributed by atoms with Gasteiger partial charge < -0.3 is 4.74 Å². The third-order valence-electron chi connectivity index (χ3n) is 2.55. The third kappa shape index (κ3) is 3.02. The van der Waals surface area contributed by atoms with E-state index in [2.05, 4.69) is 35.0 Å². The summed E-state index contributed by atoms with van der Waals surface area (Å²) in [6, 6.07) is 13.8. The highest BCUT2D eigenvalue weighted by molar-refractivity contribution is 9.10. The average molecular weight is 312 g/mol. The molecule has 3 heteroatoms. The molecule has 0 radical (unpaired) electrons. The van der Waals surface area contributed by atoms with Gasteiger partial charge in [0.2, 0.25) is 0 Å². The molecule has 0 saturated carbocycles. The van der Waals surface area contributed by atoms with Crippen molar-refractivity contribution >= 4 is 27.5 Å². The monoisotopic (exact) mass is 310 g/mol. The third-order valence-corrected chi connectivity index (χ3v) is 3.47. The van der Waals surface area contributed by atoms with E-state index in [0.717, 1.165) is 4.47 Å². The molecular weight excluding hydrogens is 300 g/mol. The van der Waals surface area contributed by atoms with Crippen molar-refractivity contribution in [3.05, 3.63) is 63.1 Å². The van der Waals surface area contributed by atoms with Crippen molar-refractivity contribution in [3.8, 4) is 5.75 Å². The van der Waals surface area contributed by atoms with Gasteiger partial charge in [-0.2, -0.15) is 0 Å². The van der Waals surface area contributed by atoms with Crippen molar-refractivity contribution in [2.75, 3.05) is 0 Å². The van der Waals surface area contributed by atoms with Gasteiger partial charge in [0.05, 0.1) is 9.50 Å². The van der Waals surface area contributed by atoms with Gasteiger partial charge in [-0.05, 0) is 46.1 Å². The maximum atomic E-state index is 6.08. The van der Waals surface area contributed by atoms with Crippen LogP contribution in [0.15, 0.2) is 46.9 Å². The van der Waals surface area contributed by atoms with Crippen LogP contribution in [0.2, 0.25) is 5.02 Å². The quantitative estimate of drug-likeness (QED) is 0.776. The van der Waals surface area contributed by atoms with Crippen LogP contribution in [0.4, 0.5) is 0 Å². The summed E-state index contributed by atoms with van der Waals surface area (Å²) in [5.74, 6) is 0.692. The summed E-state index contributed by atoms with van der Waals surface area (Å²) < 4.78 is 6.63. The van der Waals surface area contributed by atoms with E-state index < -0.39 is 0 Å². The lowest BCUT2D eigenvalue weighted by atomic mass is 10.1. The molecule has 0 aliphatic rings. The Morgan fingerprint density at radius 1 is 1.12 bits per heavy atom. The highest BCUT2D eigenvalue weighted by Gasteiger charge is 2.06. The fourth-order valence-corrected chi connectivity index (χ4v) is 2.37. The molecule has 1 nitrogen and oxygen atoms in total. The Hall–Kier alpha value is -0.990. The number of benzene rings is 2. The number of hydrogen-bond acceptors (Lipinski definition) is 1. The first kappa shape index (κ1) is 12.5. The number of aryl methyl sites for hydroxylation is 1. The van der Waals surface area contributed by atoms with Gasteiger partial charge in [0.15, 0.2) is 5.75 Å². The zero-order valence-corrected chi connectivity index (χ0v) is 11.8. The van der Waals surface area contributed by atoms with Crippen LogP contribution < -0.4 is 4.74 Å². The zero-order valence-electron chi connectivity index (χ0n) is 9.41. The van der Waals surface area contributed by atoms with E-state index in [1.54, 1.807) is 0 Å². The molecular formula is C14H12BrClO. The van der Waals surface area contributed by atoms with E-state index >= 15 is 0 Å². The summed E-state index contributed by atoms with van der Waals surface area (Å²) in [5.41, 5.74) is 2.38. The summed E-state index contributed by atoms with van der Waals surface area (Å²) in [4.78, 5) is 0. The van der Waals surface area contributed by atoms with Crippen LogP contribution in [0.3, 0.4) is 0 Å². The molecule has 0 aliphatic carbocycles. The Labute approximate surface area is 115 Å². The zero-order chi connectivity index (χ0) is 12.3. The average Bonchev–Trinajstić information content (AvgIpc) is 2.30. The molecule has 2 aromatic rings. The molecule has 0 atom stereocenters. The lowest BCUT2D eigenvalue weighted by Gasteiger charge is -2.11. The lowest BCUT2D eigenvalue weighted by Crippen LogP contribution is -1.98. The normalized spacial score (nSPS) is 10.3. The molecule has 0 saturated heterocycles. The van der Waals surface area contributed by atoms with Gasteiger partial charge in [-0.25, -0.2) is 0 Å². The highest BCUT2D eigenvalue weighted by atomic mass is 79.9. The molecule has 0 aromatic heterocycles. The minimum Gasteiger partial charge on any atom is -0.486 e. The standard InChI is InChI=1S/C14H12BrClO/c1-10-5-2-3-6-11(10)9-17-14-12(15)7-4-8-13(14)16/h2-8H,9H2,1H3. The smallest absolute Gasteiger partial charge is 0.152 e. The molecule has 0 spiro atoms. The predicted octanol–water partition coefficient (Wildman–Crippen LogP) is 4.99. The Bertz CT molecular complexity index is 505. The topological polar surface area (TPSA) is 9.23 Å². The van der Waals surface area contributed by atoms with Gasteiger partial charge in [0.1, 0.15) is 6.61 Å². The minimum atomic E-state index is 0.523. The second kappa shape index (κ2) is 5.56. The van der Waals surface area contributed by atoms with Crippen molar-refractivity contribution in [2.45, 2.75) is 13.5 Å². The summed E-state index contributed by atoms with van der Waals surface area (Å²) in [7, 11) is 0. The van der Waals surface area contributed by atoms with Gasteiger partial charge in [0.25, 0.3) is 0 Å². The second-order valence-corrected chi connectivity index (χ2v) is 5.03. The summed E-state index contributed by atoms with van der Waals surface area (Å²) >= 11 is 9.51. The van der Waals surface area contributed by atoms with Crippen LogP contribution in [0.1, 0.15) is 11.1 Å². The van der Waals surface area contributed by atoms with Crippen molar-refractivity contribution in [3.63, 3.8) is 0 Å². The Balaban J connectivity index is 2.16. The minimum absolute atomic E-state index is 0.523. The molecule has 2 rings (SSSR count). The Morgan fingerprint density at radius 3 is 2.59 bits per heavy atom. The second-order valence-electron chi connectivity index (χ2n) is 3.77. The van der Waals surface area contributed by atoms with Gasteiger partial charge in [-0.1, -0.05) is 41.9 Å². The largest absolute Gasteiger partial charge is 0.486 e. The maximum absolute atomic E-state index is 6.08. The maximum Gasteiger partial charge on any atom is 0.152 e. The van der Waals surface area contributed by atoms with E-state index in [1.165, 1.54) is 11.1 Å². The Kier molecular flexibility index (Phi) is 4.08. The number of halogens is 2.